The van der Waals surface area contributed by atoms with Crippen molar-refractivity contribution in [2.24, 2.45) is 11.8 Å². The van der Waals surface area contributed by atoms with Gasteiger partial charge in [-0.3, -0.25) is 9.59 Å². The van der Waals surface area contributed by atoms with Crippen molar-refractivity contribution in [1.82, 2.24) is 15.1 Å². The first-order valence-corrected chi connectivity index (χ1v) is 10.1. The van der Waals surface area contributed by atoms with E-state index in [1.165, 1.54) is 11.0 Å². The minimum atomic E-state index is -0.427. The van der Waals surface area contributed by atoms with E-state index in [-0.39, 0.29) is 30.5 Å². The first kappa shape index (κ1) is 20.7. The standard InChI is InChI=1S/C21H31FN4O2/c1-15-4-5-19(18(22)10-15)26-14-17(11-20(26)27)21(28)23-12-16(2)13-25-8-6-24(3)7-9-25/h4-5,10,16-17H,6-9,11-14H2,1-3H3,(H,23,28). The number of aryl methyl sites for hydroxylation is 1. The van der Waals surface area contributed by atoms with Crippen molar-refractivity contribution >= 4 is 17.5 Å². The molecular weight excluding hydrogens is 359 g/mol. The van der Waals surface area contributed by atoms with Gasteiger partial charge in [-0.1, -0.05) is 13.0 Å². The molecule has 1 aromatic rings. The van der Waals surface area contributed by atoms with E-state index >= 15 is 0 Å². The van der Waals surface area contributed by atoms with Gasteiger partial charge in [0.25, 0.3) is 0 Å². The lowest BCUT2D eigenvalue weighted by molar-refractivity contribution is -0.126. The first-order valence-electron chi connectivity index (χ1n) is 10.1. The summed E-state index contributed by atoms with van der Waals surface area (Å²) in [5.41, 5.74) is 1.06. The van der Waals surface area contributed by atoms with Crippen LogP contribution in [0.15, 0.2) is 18.2 Å². The maximum absolute atomic E-state index is 14.2. The van der Waals surface area contributed by atoms with Crippen LogP contribution in [0.25, 0.3) is 0 Å². The zero-order valence-corrected chi connectivity index (χ0v) is 17.1. The number of nitrogens with one attached hydrogen (secondary N) is 1. The first-order chi connectivity index (χ1) is 13.3. The number of anilines is 1. The number of amides is 2. The summed E-state index contributed by atoms with van der Waals surface area (Å²) in [5, 5.41) is 2.99. The summed E-state index contributed by atoms with van der Waals surface area (Å²) < 4.78 is 14.2. The fourth-order valence-electron chi connectivity index (χ4n) is 3.90. The van der Waals surface area contributed by atoms with Gasteiger partial charge in [0.2, 0.25) is 11.8 Å². The molecule has 0 aromatic heterocycles. The van der Waals surface area contributed by atoms with Gasteiger partial charge in [-0.15, -0.1) is 0 Å². The van der Waals surface area contributed by atoms with Crippen LogP contribution < -0.4 is 10.2 Å². The molecule has 2 heterocycles. The molecule has 0 aliphatic carbocycles. The molecule has 2 unspecified atom stereocenters. The summed E-state index contributed by atoms with van der Waals surface area (Å²) in [4.78, 5) is 31.0. The van der Waals surface area contributed by atoms with Crippen LogP contribution >= 0.6 is 0 Å². The molecule has 1 aromatic carbocycles. The van der Waals surface area contributed by atoms with Gasteiger partial charge in [0.15, 0.2) is 0 Å². The minimum absolute atomic E-state index is 0.117. The number of nitrogens with zero attached hydrogens (tertiary/aromatic N) is 3. The van der Waals surface area contributed by atoms with Crippen LogP contribution in [-0.4, -0.2) is 74.5 Å². The number of hydrogen-bond donors (Lipinski definition) is 1. The van der Waals surface area contributed by atoms with Crippen LogP contribution in [0.5, 0.6) is 0 Å². The normalized spacial score (nSPS) is 22.5. The Kier molecular flexibility index (Phi) is 6.67. The number of rotatable bonds is 6. The Morgan fingerprint density at radius 3 is 2.68 bits per heavy atom. The van der Waals surface area contributed by atoms with Crippen LogP contribution in [0.4, 0.5) is 10.1 Å². The Balaban J connectivity index is 1.48. The number of likely N-dealkylation sites (N-methyl/N-ethyl adjacent to an activating group) is 1. The Morgan fingerprint density at radius 2 is 2.00 bits per heavy atom. The number of carbonyl (C=O) groups excluding carboxylic acids is 2. The monoisotopic (exact) mass is 390 g/mol. The average molecular weight is 391 g/mol. The highest BCUT2D eigenvalue weighted by molar-refractivity contribution is 6.00. The van der Waals surface area contributed by atoms with Crippen molar-refractivity contribution in [2.75, 3.05) is 57.8 Å². The lowest BCUT2D eigenvalue weighted by Gasteiger charge is -2.34. The summed E-state index contributed by atoms with van der Waals surface area (Å²) in [7, 11) is 2.13. The van der Waals surface area contributed by atoms with Gasteiger partial charge in [0, 0.05) is 52.2 Å². The molecule has 28 heavy (non-hydrogen) atoms. The van der Waals surface area contributed by atoms with Crippen molar-refractivity contribution in [2.45, 2.75) is 20.3 Å². The van der Waals surface area contributed by atoms with E-state index < -0.39 is 11.7 Å². The molecular formula is C21H31FN4O2. The number of piperazine rings is 1. The Bertz CT molecular complexity index is 718. The van der Waals surface area contributed by atoms with Gasteiger partial charge in [0.1, 0.15) is 5.82 Å². The van der Waals surface area contributed by atoms with Crippen LogP contribution in [-0.2, 0) is 9.59 Å². The zero-order valence-electron chi connectivity index (χ0n) is 17.1. The summed E-state index contributed by atoms with van der Waals surface area (Å²) in [6.45, 7) is 9.99. The molecule has 2 saturated heterocycles. The van der Waals surface area contributed by atoms with E-state index in [4.69, 9.17) is 0 Å². The molecule has 0 saturated carbocycles. The van der Waals surface area contributed by atoms with Crippen molar-refractivity contribution in [1.29, 1.82) is 0 Å². The van der Waals surface area contributed by atoms with E-state index in [0.29, 0.717) is 12.5 Å². The second-order valence-electron chi connectivity index (χ2n) is 8.31. The molecule has 0 spiro atoms. The summed E-state index contributed by atoms with van der Waals surface area (Å²) in [6, 6.07) is 4.80. The average Bonchev–Trinajstić information content (AvgIpc) is 3.03. The SMILES string of the molecule is Cc1ccc(N2CC(C(=O)NCC(C)CN3CCN(C)CC3)CC2=O)c(F)c1. The highest BCUT2D eigenvalue weighted by atomic mass is 19.1. The van der Waals surface area contributed by atoms with Gasteiger partial charge in [-0.25, -0.2) is 4.39 Å². The smallest absolute Gasteiger partial charge is 0.227 e. The molecule has 154 valence electrons. The predicted molar refractivity (Wildman–Crippen MR) is 108 cm³/mol. The minimum Gasteiger partial charge on any atom is -0.355 e. The van der Waals surface area contributed by atoms with E-state index in [1.54, 1.807) is 19.1 Å². The van der Waals surface area contributed by atoms with Gasteiger partial charge in [0.05, 0.1) is 11.6 Å². The Labute approximate surface area is 166 Å². The van der Waals surface area contributed by atoms with Crippen molar-refractivity contribution in [3.05, 3.63) is 29.6 Å². The number of hydrogen-bond acceptors (Lipinski definition) is 4. The summed E-state index contributed by atoms with van der Waals surface area (Å²) in [5.74, 6) is -0.823. The maximum Gasteiger partial charge on any atom is 0.227 e. The quantitative estimate of drug-likeness (QED) is 0.800. The third-order valence-electron chi connectivity index (χ3n) is 5.68. The van der Waals surface area contributed by atoms with E-state index in [1.807, 2.05) is 0 Å². The molecule has 7 heteroatoms. The second-order valence-corrected chi connectivity index (χ2v) is 8.31. The van der Waals surface area contributed by atoms with E-state index in [2.05, 4.69) is 29.1 Å². The molecule has 0 bridgehead atoms. The third kappa shape index (κ3) is 5.08. The molecule has 1 N–H and O–H groups in total. The largest absolute Gasteiger partial charge is 0.355 e. The van der Waals surface area contributed by atoms with Crippen molar-refractivity contribution < 1.29 is 14.0 Å². The zero-order chi connectivity index (χ0) is 20.3. The van der Waals surface area contributed by atoms with E-state index in [0.717, 1.165) is 38.3 Å². The summed E-state index contributed by atoms with van der Waals surface area (Å²) in [6.07, 6.45) is 0.131. The van der Waals surface area contributed by atoms with E-state index in [9.17, 15) is 14.0 Å². The number of benzene rings is 1. The molecule has 3 rings (SSSR count). The molecule has 0 radical (unpaired) electrons. The van der Waals surface area contributed by atoms with Crippen LogP contribution in [0.2, 0.25) is 0 Å². The number of halogens is 1. The molecule has 2 aliphatic heterocycles. The molecule has 2 amide bonds. The van der Waals surface area contributed by atoms with Crippen LogP contribution in [0.1, 0.15) is 18.9 Å². The van der Waals surface area contributed by atoms with Gasteiger partial charge < -0.3 is 20.0 Å². The predicted octanol–water partition coefficient (Wildman–Crippen LogP) is 1.49. The van der Waals surface area contributed by atoms with Crippen molar-refractivity contribution in [3.63, 3.8) is 0 Å². The fourth-order valence-corrected chi connectivity index (χ4v) is 3.90. The topological polar surface area (TPSA) is 55.9 Å². The van der Waals surface area contributed by atoms with Crippen LogP contribution in [0, 0.1) is 24.6 Å². The van der Waals surface area contributed by atoms with Gasteiger partial charge in [-0.2, -0.15) is 0 Å². The van der Waals surface area contributed by atoms with Gasteiger partial charge in [-0.05, 0) is 37.6 Å². The molecule has 2 fully saturated rings. The lowest BCUT2D eigenvalue weighted by atomic mass is 10.1. The van der Waals surface area contributed by atoms with Gasteiger partial charge >= 0.3 is 0 Å². The third-order valence-corrected chi connectivity index (χ3v) is 5.68. The molecule has 6 nitrogen and oxygen atoms in total. The second kappa shape index (κ2) is 9.01. The summed E-state index contributed by atoms with van der Waals surface area (Å²) >= 11 is 0. The van der Waals surface area contributed by atoms with Crippen molar-refractivity contribution in [3.8, 4) is 0 Å². The number of carbonyl (C=O) groups is 2. The molecule has 2 aliphatic rings. The molecule has 2 atom stereocenters. The lowest BCUT2D eigenvalue weighted by Crippen LogP contribution is -2.47. The highest BCUT2D eigenvalue weighted by Gasteiger charge is 2.36. The fraction of sp³-hybridized carbons (Fsp3) is 0.619. The Morgan fingerprint density at radius 1 is 1.29 bits per heavy atom. The Hall–Kier alpha value is -1.99. The van der Waals surface area contributed by atoms with Crippen LogP contribution in [0.3, 0.4) is 0 Å². The highest BCUT2D eigenvalue weighted by Crippen LogP contribution is 2.28. The maximum atomic E-state index is 14.2.